The van der Waals surface area contributed by atoms with Crippen LogP contribution in [0.5, 0.6) is 0 Å². The summed E-state index contributed by atoms with van der Waals surface area (Å²) < 4.78 is 13.1. The summed E-state index contributed by atoms with van der Waals surface area (Å²) in [7, 11) is 0. The average Bonchev–Trinajstić information content (AvgIpc) is 2.33. The van der Waals surface area contributed by atoms with E-state index in [2.05, 4.69) is 10.3 Å². The van der Waals surface area contributed by atoms with Gasteiger partial charge < -0.3 is 11.1 Å². The molecule has 2 aromatic rings. The maximum atomic E-state index is 13.1. The van der Waals surface area contributed by atoms with Crippen LogP contribution in [-0.4, -0.2) is 9.91 Å². The summed E-state index contributed by atoms with van der Waals surface area (Å²) in [6, 6.07) is 6.12. The molecule has 0 saturated carbocycles. The summed E-state index contributed by atoms with van der Waals surface area (Å²) in [5.41, 5.74) is 5.35. The lowest BCUT2D eigenvalue weighted by Gasteiger charge is -2.08. The highest BCUT2D eigenvalue weighted by Gasteiger charge is 2.16. The van der Waals surface area contributed by atoms with Gasteiger partial charge in [0.05, 0.1) is 15.6 Å². The van der Waals surface area contributed by atoms with Crippen molar-refractivity contribution in [3.63, 3.8) is 0 Å². The molecule has 0 aliphatic rings. The summed E-state index contributed by atoms with van der Waals surface area (Å²) in [5.74, 6) is -0.531. The Morgan fingerprint density at radius 2 is 2.11 bits per heavy atom. The van der Waals surface area contributed by atoms with Gasteiger partial charge in [-0.3, -0.25) is 10.1 Å². The Labute approximate surface area is 112 Å². The lowest BCUT2D eigenvalue weighted by molar-refractivity contribution is -0.384. The molecule has 1 aromatic carbocycles. The molecule has 2 rings (SSSR count). The van der Waals surface area contributed by atoms with Crippen LogP contribution in [0.25, 0.3) is 0 Å². The number of benzene rings is 1. The maximum absolute atomic E-state index is 13.1. The van der Waals surface area contributed by atoms with Gasteiger partial charge in [0.15, 0.2) is 0 Å². The van der Waals surface area contributed by atoms with Gasteiger partial charge >= 0.3 is 5.69 Å². The zero-order valence-electron chi connectivity index (χ0n) is 9.43. The summed E-state index contributed by atoms with van der Waals surface area (Å²) in [6.07, 6.45) is 0. The van der Waals surface area contributed by atoms with Crippen molar-refractivity contribution in [2.45, 2.75) is 0 Å². The van der Waals surface area contributed by atoms with Crippen molar-refractivity contribution in [3.05, 3.63) is 51.3 Å². The molecule has 0 bridgehead atoms. The number of nitro groups is 1. The minimum absolute atomic E-state index is 0.0978. The second kappa shape index (κ2) is 5.07. The van der Waals surface area contributed by atoms with E-state index in [4.69, 9.17) is 17.3 Å². The molecular weight excluding hydrogens is 275 g/mol. The van der Waals surface area contributed by atoms with E-state index >= 15 is 0 Å². The van der Waals surface area contributed by atoms with Crippen molar-refractivity contribution in [2.75, 3.05) is 11.1 Å². The fourth-order valence-electron chi connectivity index (χ4n) is 1.43. The summed E-state index contributed by atoms with van der Waals surface area (Å²) in [5, 5.41) is 13.7. The molecular formula is C11H8ClFN4O2. The van der Waals surface area contributed by atoms with E-state index in [-0.39, 0.29) is 28.0 Å². The Bertz CT molecular complexity index is 651. The Morgan fingerprint density at radius 1 is 1.37 bits per heavy atom. The summed E-state index contributed by atoms with van der Waals surface area (Å²) in [6.45, 7) is 0. The Hall–Kier alpha value is -2.41. The molecule has 19 heavy (non-hydrogen) atoms. The van der Waals surface area contributed by atoms with Gasteiger partial charge in [-0.1, -0.05) is 11.6 Å². The fraction of sp³-hybridized carbons (Fsp3) is 0. The van der Waals surface area contributed by atoms with Gasteiger partial charge in [-0.2, -0.15) is 0 Å². The Morgan fingerprint density at radius 3 is 2.79 bits per heavy atom. The number of hydrogen-bond donors (Lipinski definition) is 2. The Kier molecular flexibility index (Phi) is 3.48. The van der Waals surface area contributed by atoms with Crippen molar-refractivity contribution >= 4 is 34.6 Å². The number of aromatic nitrogens is 1. The van der Waals surface area contributed by atoms with E-state index in [1.807, 2.05) is 0 Å². The van der Waals surface area contributed by atoms with Crippen molar-refractivity contribution in [1.82, 2.24) is 4.98 Å². The zero-order valence-corrected chi connectivity index (χ0v) is 10.2. The molecule has 0 radical (unpaired) electrons. The third-order valence-electron chi connectivity index (χ3n) is 2.27. The second-order valence-corrected chi connectivity index (χ2v) is 4.02. The molecule has 0 aliphatic heterocycles. The summed E-state index contributed by atoms with van der Waals surface area (Å²) >= 11 is 5.86. The molecule has 0 atom stereocenters. The predicted octanol–water partition coefficient (Wildman–Crippen LogP) is 3.11. The standard InChI is InChI=1S/C11H8ClFN4O2/c12-7-2-1-6(13)5-8(7)15-11-9(17(18)19)3-4-10(14)16-11/h1-5H,(H3,14,15,16). The number of anilines is 3. The number of nitrogens with zero attached hydrogens (tertiary/aromatic N) is 2. The molecule has 98 valence electrons. The zero-order chi connectivity index (χ0) is 14.0. The molecule has 0 fully saturated rings. The van der Waals surface area contributed by atoms with Crippen LogP contribution in [0.4, 0.5) is 27.4 Å². The number of halogens is 2. The minimum atomic E-state index is -0.623. The largest absolute Gasteiger partial charge is 0.384 e. The number of rotatable bonds is 3. The molecule has 3 N–H and O–H groups in total. The van der Waals surface area contributed by atoms with Crippen LogP contribution < -0.4 is 11.1 Å². The summed E-state index contributed by atoms with van der Waals surface area (Å²) in [4.78, 5) is 14.0. The first-order valence-electron chi connectivity index (χ1n) is 5.10. The molecule has 0 aliphatic carbocycles. The fourth-order valence-corrected chi connectivity index (χ4v) is 1.59. The molecule has 0 spiro atoms. The van der Waals surface area contributed by atoms with Gasteiger partial charge in [-0.15, -0.1) is 0 Å². The van der Waals surface area contributed by atoms with Gasteiger partial charge in [0.2, 0.25) is 5.82 Å². The highest BCUT2D eigenvalue weighted by atomic mass is 35.5. The highest BCUT2D eigenvalue weighted by molar-refractivity contribution is 6.33. The first-order chi connectivity index (χ1) is 8.97. The highest BCUT2D eigenvalue weighted by Crippen LogP contribution is 2.30. The van der Waals surface area contributed by atoms with E-state index in [0.717, 1.165) is 6.07 Å². The van der Waals surface area contributed by atoms with Crippen LogP contribution >= 0.6 is 11.6 Å². The first-order valence-corrected chi connectivity index (χ1v) is 5.48. The monoisotopic (exact) mass is 282 g/mol. The van der Waals surface area contributed by atoms with Crippen LogP contribution in [0.1, 0.15) is 0 Å². The topological polar surface area (TPSA) is 94.1 Å². The van der Waals surface area contributed by atoms with Gasteiger partial charge in [0.25, 0.3) is 0 Å². The number of hydrogen-bond acceptors (Lipinski definition) is 5. The molecule has 0 saturated heterocycles. The normalized spacial score (nSPS) is 10.2. The third kappa shape index (κ3) is 2.89. The van der Waals surface area contributed by atoms with Crippen molar-refractivity contribution in [2.24, 2.45) is 0 Å². The SMILES string of the molecule is Nc1ccc([N+](=O)[O-])c(Nc2cc(F)ccc2Cl)n1. The van der Waals surface area contributed by atoms with Gasteiger partial charge in [0, 0.05) is 6.07 Å². The van der Waals surface area contributed by atoms with E-state index in [1.165, 1.54) is 24.3 Å². The minimum Gasteiger partial charge on any atom is -0.384 e. The number of nitrogens with two attached hydrogens (primary N) is 1. The van der Waals surface area contributed by atoms with Crippen LogP contribution in [0.15, 0.2) is 30.3 Å². The molecule has 0 amide bonds. The number of nitrogens with one attached hydrogen (secondary N) is 1. The molecule has 1 heterocycles. The Balaban J connectivity index is 2.45. The predicted molar refractivity (Wildman–Crippen MR) is 70.0 cm³/mol. The van der Waals surface area contributed by atoms with Gasteiger partial charge in [-0.25, -0.2) is 9.37 Å². The van der Waals surface area contributed by atoms with Gasteiger partial charge in [-0.05, 0) is 24.3 Å². The average molecular weight is 283 g/mol. The van der Waals surface area contributed by atoms with Crippen LogP contribution in [0.2, 0.25) is 5.02 Å². The van der Waals surface area contributed by atoms with Crippen molar-refractivity contribution < 1.29 is 9.31 Å². The number of nitrogen functional groups attached to an aromatic ring is 1. The van der Waals surface area contributed by atoms with E-state index < -0.39 is 10.7 Å². The maximum Gasteiger partial charge on any atom is 0.311 e. The van der Waals surface area contributed by atoms with Crippen molar-refractivity contribution in [1.29, 1.82) is 0 Å². The second-order valence-electron chi connectivity index (χ2n) is 3.61. The van der Waals surface area contributed by atoms with Crippen molar-refractivity contribution in [3.8, 4) is 0 Å². The quantitative estimate of drug-likeness (QED) is 0.666. The van der Waals surface area contributed by atoms with E-state index in [1.54, 1.807) is 0 Å². The van der Waals surface area contributed by atoms with Crippen LogP contribution in [0.3, 0.4) is 0 Å². The van der Waals surface area contributed by atoms with Crippen LogP contribution in [-0.2, 0) is 0 Å². The molecule has 1 aromatic heterocycles. The lowest BCUT2D eigenvalue weighted by Crippen LogP contribution is -2.02. The van der Waals surface area contributed by atoms with E-state index in [9.17, 15) is 14.5 Å². The molecule has 8 heteroatoms. The van der Waals surface area contributed by atoms with Gasteiger partial charge in [0.1, 0.15) is 11.6 Å². The first kappa shape index (κ1) is 13.0. The smallest absolute Gasteiger partial charge is 0.311 e. The lowest BCUT2D eigenvalue weighted by atomic mass is 10.3. The molecule has 6 nitrogen and oxygen atoms in total. The third-order valence-corrected chi connectivity index (χ3v) is 2.60. The van der Waals surface area contributed by atoms with E-state index in [0.29, 0.717) is 0 Å². The number of pyridine rings is 1. The van der Waals surface area contributed by atoms with Crippen LogP contribution in [0, 0.1) is 15.9 Å². The molecule has 0 unspecified atom stereocenters.